The number of hydrogen-bond donors (Lipinski definition) is 0. The van der Waals surface area contributed by atoms with Gasteiger partial charge in [-0.1, -0.05) is 0 Å². The van der Waals surface area contributed by atoms with E-state index < -0.39 is 19.4 Å². The first-order valence-corrected chi connectivity index (χ1v) is 50.4. The van der Waals surface area contributed by atoms with Crippen molar-refractivity contribution in [3.05, 3.63) is 77.4 Å². The monoisotopic (exact) mass is 616 g/mol. The minimum atomic E-state index is -4.87. The van der Waals surface area contributed by atoms with Crippen molar-refractivity contribution in [2.45, 2.75) is 51.8 Å². The van der Waals surface area contributed by atoms with Crippen molar-refractivity contribution in [1.82, 2.24) is 0 Å². The van der Waals surface area contributed by atoms with E-state index >= 15 is 0 Å². The van der Waals surface area contributed by atoms with Crippen LogP contribution in [0.2, 0.25) is 48.1 Å². The SMILES string of the molecule is C[Si](C)(C)CC1=C[CH]([Hf]([CH3])([CH3])([CH3])([CH3])(=[SiH2])(=[SiH2])[CH]2C=Cc3c2ccc2ccccc32)C=C1. The second-order valence-electron chi connectivity index (χ2n) is 17.4. The molecule has 2 atom stereocenters. The van der Waals surface area contributed by atoms with Crippen LogP contribution in [0.3, 0.4) is 0 Å². The summed E-state index contributed by atoms with van der Waals surface area (Å²) >= 11 is -4.87. The molecule has 0 spiro atoms. The molecule has 0 nitrogen and oxygen atoms in total. The van der Waals surface area contributed by atoms with Gasteiger partial charge in [-0.3, -0.25) is 0 Å². The van der Waals surface area contributed by atoms with Gasteiger partial charge in [-0.05, 0) is 0 Å². The van der Waals surface area contributed by atoms with Gasteiger partial charge < -0.3 is 0 Å². The van der Waals surface area contributed by atoms with Gasteiger partial charge in [0.2, 0.25) is 0 Å². The molecule has 0 N–H and O–H groups in total. The Morgan fingerprint density at radius 2 is 1.53 bits per heavy atom. The molecule has 160 valence electrons. The average Bonchev–Trinajstić information content (AvgIpc) is 3.20. The molecule has 0 saturated heterocycles. The van der Waals surface area contributed by atoms with Gasteiger partial charge in [0, 0.05) is 0 Å². The zero-order valence-corrected chi connectivity index (χ0v) is 27.5. The Labute approximate surface area is 178 Å². The summed E-state index contributed by atoms with van der Waals surface area (Å²) < 4.78 is 11.9. The quantitative estimate of drug-likeness (QED) is 0.322. The van der Waals surface area contributed by atoms with Crippen molar-refractivity contribution in [3.63, 3.8) is 0 Å². The van der Waals surface area contributed by atoms with Crippen molar-refractivity contribution < 1.29 is 11.3 Å². The Hall–Kier alpha value is -0.559. The molecule has 2 aromatic rings. The Balaban J connectivity index is 1.97. The fourth-order valence-electron chi connectivity index (χ4n) is 6.16. The molecule has 2 aliphatic carbocycles. The maximum absolute atomic E-state index is 4.87. The Bertz CT molecular complexity index is 1460. The molecule has 0 radical (unpaired) electrons. The van der Waals surface area contributed by atoms with Crippen molar-refractivity contribution in [1.29, 1.82) is 0 Å². The third-order valence-electron chi connectivity index (χ3n) is 8.30. The van der Waals surface area contributed by atoms with Crippen molar-refractivity contribution in [2.24, 2.45) is 0 Å². The van der Waals surface area contributed by atoms with Gasteiger partial charge in [-0.25, -0.2) is 0 Å². The summed E-state index contributed by atoms with van der Waals surface area (Å²) in [5.41, 5.74) is 4.57. The zero-order chi connectivity index (χ0) is 22.4. The number of benzene rings is 2. The molecule has 30 heavy (non-hydrogen) atoms. The normalized spacial score (nSPS) is 26.4. The standard InChI is InChI=1S/C13H9.C9H15Si.4CH3.Hf.2H2Si/c1-2-6-12-10(4-1)8-9-11-5-3-7-13(11)12;1-10(2,3)8-9-6-4-5-7-9;;;;;;;/h1-9H;4-7H,8H2,1-3H3;4*1H3;;2*1H2. The molecular weight excluding hydrogens is 575 g/mol. The van der Waals surface area contributed by atoms with Gasteiger partial charge in [0.05, 0.1) is 0 Å². The summed E-state index contributed by atoms with van der Waals surface area (Å²) in [6.45, 7) is 12.3. The molecule has 0 aliphatic heterocycles. The van der Waals surface area contributed by atoms with Crippen LogP contribution < -0.4 is 0 Å². The van der Waals surface area contributed by atoms with Gasteiger partial charge in [-0.15, -0.1) is 0 Å². The van der Waals surface area contributed by atoms with E-state index in [1.165, 1.54) is 22.4 Å². The zero-order valence-electron chi connectivity index (χ0n) is 20.1. The first-order valence-electron chi connectivity index (χ1n) is 11.6. The van der Waals surface area contributed by atoms with Crippen molar-refractivity contribution in [3.8, 4) is 0 Å². The molecule has 2 aromatic carbocycles. The molecule has 0 fully saturated rings. The van der Waals surface area contributed by atoms with Gasteiger partial charge in [0.15, 0.2) is 0 Å². The second-order valence-corrected chi connectivity index (χ2v) is 171. The summed E-state index contributed by atoms with van der Waals surface area (Å²) in [6.07, 6.45) is 12.7. The second kappa shape index (κ2) is 4.85. The molecule has 0 saturated carbocycles. The van der Waals surface area contributed by atoms with Gasteiger partial charge in [0.25, 0.3) is 0 Å². The van der Waals surface area contributed by atoms with Crippen molar-refractivity contribution in [2.75, 3.05) is 0 Å². The molecule has 4 heteroatoms. The van der Waals surface area contributed by atoms with Crippen LogP contribution >= 0.6 is 0 Å². The van der Waals surface area contributed by atoms with E-state index in [4.69, 9.17) is 0 Å². The number of allylic oxidation sites excluding steroid dienone is 5. The summed E-state index contributed by atoms with van der Waals surface area (Å²) in [7, 11) is -1.14. The van der Waals surface area contributed by atoms with Gasteiger partial charge >= 0.3 is 179 Å². The minimum absolute atomic E-state index is 0.467. The Morgan fingerprint density at radius 3 is 2.20 bits per heavy atom. The third-order valence-corrected chi connectivity index (χ3v) is 55.5. The van der Waals surface area contributed by atoms with Crippen LogP contribution in [0.25, 0.3) is 16.8 Å². The topological polar surface area (TPSA) is 0 Å². The Kier molecular flexibility index (Phi) is 3.66. The maximum atomic E-state index is 2.73. The van der Waals surface area contributed by atoms with E-state index in [0.29, 0.717) is 7.35 Å². The van der Waals surface area contributed by atoms with E-state index in [-0.39, 0.29) is 0 Å². The molecule has 4 rings (SSSR count). The molecule has 2 unspecified atom stereocenters. The van der Waals surface area contributed by atoms with Crippen LogP contribution in [-0.4, -0.2) is 22.0 Å². The van der Waals surface area contributed by atoms with Crippen LogP contribution in [-0.2, 0) is 11.3 Å². The molecule has 0 bridgehead atoms. The summed E-state index contributed by atoms with van der Waals surface area (Å²) in [4.78, 5) is 0. The van der Waals surface area contributed by atoms with E-state index in [1.54, 1.807) is 11.1 Å². The first kappa shape index (κ1) is 22.6. The van der Waals surface area contributed by atoms with Gasteiger partial charge in [0.1, 0.15) is 0 Å². The van der Waals surface area contributed by atoms with E-state index in [1.807, 2.05) is 0 Å². The summed E-state index contributed by atoms with van der Waals surface area (Å²) in [6, 6.07) is 14.9. The van der Waals surface area contributed by atoms with Crippen LogP contribution in [0, 0.1) is 0 Å². The third kappa shape index (κ3) is 3.46. The van der Waals surface area contributed by atoms with Crippen LogP contribution in [0.4, 0.5) is 0 Å². The van der Waals surface area contributed by atoms with Crippen molar-refractivity contribution >= 4 is 38.8 Å². The molecule has 0 aromatic heterocycles. The van der Waals surface area contributed by atoms with E-state index in [9.17, 15) is 0 Å². The number of fused-ring (bicyclic) bond motifs is 3. The molecule has 0 heterocycles. The fourth-order valence-corrected chi connectivity index (χ4v) is 40.0. The summed E-state index contributed by atoms with van der Waals surface area (Å²) in [5, 5.41) is 2.74. The predicted octanol–water partition coefficient (Wildman–Crippen LogP) is 7.12. The average molecular weight is 615 g/mol. The van der Waals surface area contributed by atoms with Crippen LogP contribution in [0.1, 0.15) is 14.8 Å². The number of hydrogen-bond acceptors (Lipinski definition) is 0. The van der Waals surface area contributed by atoms with Crippen LogP contribution in [0.15, 0.2) is 66.3 Å². The van der Waals surface area contributed by atoms with Gasteiger partial charge in [-0.2, -0.15) is 0 Å². The predicted molar refractivity (Wildman–Crippen MR) is 145 cm³/mol. The van der Waals surface area contributed by atoms with E-state index in [2.05, 4.69) is 119 Å². The van der Waals surface area contributed by atoms with Crippen LogP contribution in [0.5, 0.6) is 0 Å². The van der Waals surface area contributed by atoms with E-state index in [0.717, 1.165) is 0 Å². The molecular formula is C26H40HfSi3. The Morgan fingerprint density at radius 1 is 0.867 bits per heavy atom. The molecule has 0 amide bonds. The fraction of sp³-hybridized carbons (Fsp3) is 0.385. The first-order chi connectivity index (χ1) is 13.2. The number of rotatable bonds is 4. The molecule has 2 aliphatic rings. The summed E-state index contributed by atoms with van der Waals surface area (Å²) in [5.74, 6) is 0.